The smallest absolute Gasteiger partial charge is 0.317 e. The second-order valence-electron chi connectivity index (χ2n) is 6.43. The lowest BCUT2D eigenvalue weighted by molar-refractivity contribution is -0.0359. The molecule has 0 aromatic carbocycles. The largest absolute Gasteiger partial charge is 0.475 e. The Morgan fingerprint density at radius 1 is 1.48 bits per heavy atom. The zero-order valence-electron chi connectivity index (χ0n) is 16.6. The first-order valence-electron chi connectivity index (χ1n) is 9.38. The summed E-state index contributed by atoms with van der Waals surface area (Å²) in [5.41, 5.74) is 0.762. The summed E-state index contributed by atoms with van der Waals surface area (Å²) in [7, 11) is 1.62. The minimum absolute atomic E-state index is 0.0658. The van der Waals surface area contributed by atoms with E-state index in [2.05, 4.69) is 21.4 Å². The van der Waals surface area contributed by atoms with Gasteiger partial charge in [0.15, 0.2) is 5.16 Å². The Hall–Kier alpha value is -1.88. The maximum Gasteiger partial charge on any atom is 0.317 e. The number of morpholine rings is 1. The van der Waals surface area contributed by atoms with Gasteiger partial charge in [0.1, 0.15) is 12.7 Å². The molecule has 158 valence electrons. The molecule has 2 aromatic heterocycles. The van der Waals surface area contributed by atoms with Crippen molar-refractivity contribution in [1.29, 1.82) is 0 Å². The predicted molar refractivity (Wildman–Crippen MR) is 113 cm³/mol. The van der Waals surface area contributed by atoms with E-state index in [0.29, 0.717) is 50.5 Å². The fourth-order valence-electron chi connectivity index (χ4n) is 2.88. The first-order valence-corrected chi connectivity index (χ1v) is 11.5. The van der Waals surface area contributed by atoms with Crippen LogP contribution in [-0.2, 0) is 22.5 Å². The van der Waals surface area contributed by atoms with E-state index in [9.17, 15) is 4.79 Å². The van der Waals surface area contributed by atoms with Crippen molar-refractivity contribution >= 4 is 29.1 Å². The number of methoxy groups -OCH3 is 1. The molecule has 0 saturated carbocycles. The van der Waals surface area contributed by atoms with Gasteiger partial charge in [-0.15, -0.1) is 11.3 Å². The molecule has 3 rings (SSSR count). The van der Waals surface area contributed by atoms with Crippen molar-refractivity contribution in [3.05, 3.63) is 34.2 Å². The fourth-order valence-corrected chi connectivity index (χ4v) is 3.98. The fraction of sp³-hybridized carbons (Fsp3) is 0.526. The summed E-state index contributed by atoms with van der Waals surface area (Å²) in [5.74, 6) is 0.484. The Morgan fingerprint density at radius 2 is 2.38 bits per heavy atom. The van der Waals surface area contributed by atoms with E-state index in [1.54, 1.807) is 29.4 Å². The summed E-state index contributed by atoms with van der Waals surface area (Å²) < 4.78 is 16.7. The Kier molecular flexibility index (Phi) is 8.53. The Morgan fingerprint density at radius 3 is 3.14 bits per heavy atom. The lowest BCUT2D eigenvalue weighted by Gasteiger charge is -2.32. The van der Waals surface area contributed by atoms with E-state index >= 15 is 0 Å². The number of thioether (sulfide) groups is 1. The van der Waals surface area contributed by atoms with Gasteiger partial charge >= 0.3 is 6.03 Å². The quantitative estimate of drug-likeness (QED) is 0.475. The van der Waals surface area contributed by atoms with E-state index in [1.165, 1.54) is 16.6 Å². The highest BCUT2D eigenvalue weighted by molar-refractivity contribution is 7.98. The summed E-state index contributed by atoms with van der Waals surface area (Å²) >= 11 is 3.15. The summed E-state index contributed by atoms with van der Waals surface area (Å²) in [6, 6.07) is 5.80. The van der Waals surface area contributed by atoms with Crippen LogP contribution in [0, 0.1) is 0 Å². The highest BCUT2D eigenvalue weighted by Gasteiger charge is 2.25. The summed E-state index contributed by atoms with van der Waals surface area (Å²) in [6.07, 6.45) is 2.55. The van der Waals surface area contributed by atoms with E-state index in [1.807, 2.05) is 17.7 Å². The Bertz CT molecular complexity index is 776. The van der Waals surface area contributed by atoms with Crippen molar-refractivity contribution in [2.24, 2.45) is 0 Å². The number of hydrogen-bond donors (Lipinski definition) is 1. The molecular formula is C19H26N4O4S2. The number of rotatable bonds is 9. The number of nitrogens with zero attached hydrogens (tertiary/aromatic N) is 3. The molecule has 1 saturated heterocycles. The molecule has 3 heterocycles. The van der Waals surface area contributed by atoms with Crippen LogP contribution < -0.4 is 10.1 Å². The zero-order valence-corrected chi connectivity index (χ0v) is 18.3. The van der Waals surface area contributed by atoms with Gasteiger partial charge in [-0.05, 0) is 24.1 Å². The number of carbonyl (C=O) groups is 1. The van der Waals surface area contributed by atoms with Crippen LogP contribution in [0.4, 0.5) is 4.79 Å². The topological polar surface area (TPSA) is 85.8 Å². The van der Waals surface area contributed by atoms with Gasteiger partial charge in [0.25, 0.3) is 0 Å². The molecule has 0 spiro atoms. The molecule has 2 aromatic rings. The first-order chi connectivity index (χ1) is 14.2. The second-order valence-corrected chi connectivity index (χ2v) is 8.23. The third-order valence-electron chi connectivity index (χ3n) is 4.28. The minimum Gasteiger partial charge on any atom is -0.475 e. The lowest BCUT2D eigenvalue weighted by atomic mass is 10.3. The van der Waals surface area contributed by atoms with Gasteiger partial charge in [-0.3, -0.25) is 0 Å². The van der Waals surface area contributed by atoms with Crippen LogP contribution in [0.25, 0.3) is 0 Å². The monoisotopic (exact) mass is 438 g/mol. The standard InChI is InChI=1S/C19H26N4O4S2/c1-25-12-14-10-17(22-18(21-14)28-2)27-13-15-11-23(7-8-26-15)19(24)20-6-5-16-4-3-9-29-16/h3-4,9-10,15H,5-8,11-13H2,1-2H3,(H,20,24). The van der Waals surface area contributed by atoms with Crippen molar-refractivity contribution in [3.63, 3.8) is 0 Å². The predicted octanol–water partition coefficient (Wildman–Crippen LogP) is 2.44. The molecule has 29 heavy (non-hydrogen) atoms. The summed E-state index contributed by atoms with van der Waals surface area (Å²) in [4.78, 5) is 24.2. The molecular weight excluding hydrogens is 412 g/mol. The van der Waals surface area contributed by atoms with E-state index in [4.69, 9.17) is 14.2 Å². The molecule has 10 heteroatoms. The highest BCUT2D eigenvalue weighted by atomic mass is 32.2. The van der Waals surface area contributed by atoms with Crippen molar-refractivity contribution in [3.8, 4) is 5.88 Å². The molecule has 1 fully saturated rings. The van der Waals surface area contributed by atoms with E-state index < -0.39 is 0 Å². The number of nitrogens with one attached hydrogen (secondary N) is 1. The van der Waals surface area contributed by atoms with Crippen LogP contribution in [0.1, 0.15) is 10.6 Å². The molecule has 0 radical (unpaired) electrons. The van der Waals surface area contributed by atoms with Gasteiger partial charge in [-0.1, -0.05) is 17.8 Å². The van der Waals surface area contributed by atoms with E-state index in [0.717, 1.165) is 12.1 Å². The SMILES string of the molecule is COCc1cc(OCC2CN(C(=O)NCCc3cccs3)CCO2)nc(SC)n1. The zero-order chi connectivity index (χ0) is 20.5. The number of aromatic nitrogens is 2. The van der Waals surface area contributed by atoms with E-state index in [-0.39, 0.29) is 12.1 Å². The molecule has 1 unspecified atom stereocenters. The number of amides is 2. The summed E-state index contributed by atoms with van der Waals surface area (Å²) in [5, 5.41) is 5.66. The number of urea groups is 1. The van der Waals surface area contributed by atoms with Gasteiger partial charge in [0, 0.05) is 31.1 Å². The number of hydrogen-bond acceptors (Lipinski definition) is 8. The lowest BCUT2D eigenvalue weighted by Crippen LogP contribution is -2.51. The molecule has 1 aliphatic heterocycles. The number of ether oxygens (including phenoxy) is 3. The minimum atomic E-state index is -0.203. The maximum absolute atomic E-state index is 12.4. The number of carbonyl (C=O) groups excluding carboxylic acids is 1. The highest BCUT2D eigenvalue weighted by Crippen LogP contribution is 2.17. The third kappa shape index (κ3) is 6.84. The average molecular weight is 439 g/mol. The van der Waals surface area contributed by atoms with Crippen LogP contribution in [0.3, 0.4) is 0 Å². The number of thiophene rings is 1. The Balaban J connectivity index is 1.46. The van der Waals surface area contributed by atoms with Gasteiger partial charge in [-0.25, -0.2) is 9.78 Å². The molecule has 0 aliphatic carbocycles. The molecule has 1 aliphatic rings. The first kappa shape index (κ1) is 21.8. The van der Waals surface area contributed by atoms with Crippen LogP contribution in [0.15, 0.2) is 28.7 Å². The van der Waals surface area contributed by atoms with Gasteiger partial charge in [0.05, 0.1) is 25.5 Å². The van der Waals surface area contributed by atoms with Crippen molar-refractivity contribution in [2.75, 3.05) is 46.2 Å². The normalized spacial score (nSPS) is 16.6. The van der Waals surface area contributed by atoms with Crippen LogP contribution in [0.2, 0.25) is 0 Å². The Labute approximate surface area is 179 Å². The van der Waals surface area contributed by atoms with Gasteiger partial charge < -0.3 is 24.4 Å². The second kappa shape index (κ2) is 11.3. The third-order valence-corrected chi connectivity index (χ3v) is 5.76. The van der Waals surface area contributed by atoms with Crippen molar-refractivity contribution < 1.29 is 19.0 Å². The average Bonchev–Trinajstić information content (AvgIpc) is 3.26. The molecule has 2 amide bonds. The van der Waals surface area contributed by atoms with Gasteiger partial charge in [-0.2, -0.15) is 4.98 Å². The van der Waals surface area contributed by atoms with Crippen molar-refractivity contribution in [1.82, 2.24) is 20.2 Å². The summed E-state index contributed by atoms with van der Waals surface area (Å²) in [6.45, 7) is 2.88. The molecule has 1 N–H and O–H groups in total. The molecule has 1 atom stereocenters. The molecule has 8 nitrogen and oxygen atoms in total. The van der Waals surface area contributed by atoms with Crippen LogP contribution in [-0.4, -0.2) is 73.2 Å². The van der Waals surface area contributed by atoms with Crippen LogP contribution in [0.5, 0.6) is 5.88 Å². The van der Waals surface area contributed by atoms with Gasteiger partial charge in [0.2, 0.25) is 5.88 Å². The maximum atomic E-state index is 12.4. The molecule has 0 bridgehead atoms. The van der Waals surface area contributed by atoms with Crippen LogP contribution >= 0.6 is 23.1 Å². The van der Waals surface area contributed by atoms with Crippen molar-refractivity contribution in [2.45, 2.75) is 24.3 Å².